The van der Waals surface area contributed by atoms with Crippen LogP contribution in [-0.4, -0.2) is 16.7 Å². The maximum atomic E-state index is 11.8. The number of carbonyl (C=O) groups is 2. The molecule has 21 heavy (non-hydrogen) atoms. The molecule has 0 saturated heterocycles. The van der Waals surface area contributed by atoms with Crippen molar-refractivity contribution >= 4 is 44.8 Å². The van der Waals surface area contributed by atoms with E-state index in [9.17, 15) is 19.7 Å². The van der Waals surface area contributed by atoms with E-state index >= 15 is 0 Å². The maximum absolute atomic E-state index is 11.8. The SMILES string of the molecule is O=C(NNC(=O)c1cccs1)c1ccc(Br)c([N+](=O)[O-])c1. The number of benzene rings is 1. The van der Waals surface area contributed by atoms with Gasteiger partial charge in [-0.3, -0.25) is 30.6 Å². The lowest BCUT2D eigenvalue weighted by molar-refractivity contribution is -0.385. The number of thiophene rings is 1. The lowest BCUT2D eigenvalue weighted by atomic mass is 10.2. The van der Waals surface area contributed by atoms with Crippen LogP contribution in [-0.2, 0) is 0 Å². The molecule has 2 rings (SSSR count). The fourth-order valence-electron chi connectivity index (χ4n) is 1.45. The van der Waals surface area contributed by atoms with Crippen molar-refractivity contribution in [1.82, 2.24) is 10.9 Å². The van der Waals surface area contributed by atoms with Gasteiger partial charge in [0, 0.05) is 11.6 Å². The van der Waals surface area contributed by atoms with Crippen LogP contribution in [0.1, 0.15) is 20.0 Å². The van der Waals surface area contributed by atoms with Gasteiger partial charge in [-0.15, -0.1) is 11.3 Å². The molecule has 1 aromatic carbocycles. The first-order valence-corrected chi connectivity index (χ1v) is 7.24. The fourth-order valence-corrected chi connectivity index (χ4v) is 2.46. The third-order valence-corrected chi connectivity index (χ3v) is 3.98. The monoisotopic (exact) mass is 369 g/mol. The number of halogens is 1. The topological polar surface area (TPSA) is 101 Å². The molecule has 7 nitrogen and oxygen atoms in total. The molecule has 1 aromatic heterocycles. The van der Waals surface area contributed by atoms with Crippen molar-refractivity contribution in [3.8, 4) is 0 Å². The van der Waals surface area contributed by atoms with Crippen LogP contribution in [0.15, 0.2) is 40.2 Å². The summed E-state index contributed by atoms with van der Waals surface area (Å²) < 4.78 is 0.270. The first-order valence-electron chi connectivity index (χ1n) is 5.57. The van der Waals surface area contributed by atoms with Gasteiger partial charge in [-0.25, -0.2) is 0 Å². The van der Waals surface area contributed by atoms with Crippen LogP contribution in [0.4, 0.5) is 5.69 Å². The summed E-state index contributed by atoms with van der Waals surface area (Å²) in [5.41, 5.74) is 4.28. The predicted molar refractivity (Wildman–Crippen MR) is 80.0 cm³/mol. The molecule has 2 amide bonds. The van der Waals surface area contributed by atoms with Crippen molar-refractivity contribution in [2.24, 2.45) is 0 Å². The van der Waals surface area contributed by atoms with Gasteiger partial charge in [0.25, 0.3) is 17.5 Å². The molecule has 0 aliphatic heterocycles. The number of nitrogens with zero attached hydrogens (tertiary/aromatic N) is 1. The van der Waals surface area contributed by atoms with Crippen LogP contribution in [0.25, 0.3) is 0 Å². The summed E-state index contributed by atoms with van der Waals surface area (Å²) in [7, 11) is 0. The van der Waals surface area contributed by atoms with E-state index in [1.807, 2.05) is 0 Å². The molecule has 0 aliphatic carbocycles. The quantitative estimate of drug-likeness (QED) is 0.640. The summed E-state index contributed by atoms with van der Waals surface area (Å²) >= 11 is 4.25. The maximum Gasteiger partial charge on any atom is 0.284 e. The Morgan fingerprint density at radius 2 is 1.90 bits per heavy atom. The molecule has 0 atom stereocenters. The average molecular weight is 370 g/mol. The highest BCUT2D eigenvalue weighted by Gasteiger charge is 2.16. The summed E-state index contributed by atoms with van der Waals surface area (Å²) in [5, 5.41) is 12.5. The van der Waals surface area contributed by atoms with E-state index in [4.69, 9.17) is 0 Å². The van der Waals surface area contributed by atoms with Crippen LogP contribution in [0.2, 0.25) is 0 Å². The van der Waals surface area contributed by atoms with E-state index in [1.165, 1.54) is 23.5 Å². The highest BCUT2D eigenvalue weighted by atomic mass is 79.9. The van der Waals surface area contributed by atoms with Gasteiger partial charge in [-0.1, -0.05) is 6.07 Å². The molecule has 0 radical (unpaired) electrons. The van der Waals surface area contributed by atoms with Crippen molar-refractivity contribution in [3.05, 3.63) is 60.7 Å². The smallest absolute Gasteiger partial charge is 0.267 e. The van der Waals surface area contributed by atoms with E-state index in [1.54, 1.807) is 17.5 Å². The standard InChI is InChI=1S/C12H8BrN3O4S/c13-8-4-3-7(6-9(8)16(19)20)11(17)14-15-12(18)10-2-1-5-21-10/h1-6H,(H,14,17)(H,15,18). The lowest BCUT2D eigenvalue weighted by Gasteiger charge is -2.06. The Morgan fingerprint density at radius 3 is 2.52 bits per heavy atom. The van der Waals surface area contributed by atoms with E-state index in [2.05, 4.69) is 26.8 Å². The predicted octanol–water partition coefficient (Wildman–Crippen LogP) is 2.49. The Bertz CT molecular complexity index is 703. The second-order valence-corrected chi connectivity index (χ2v) is 5.61. The van der Waals surface area contributed by atoms with Gasteiger partial charge in [0.2, 0.25) is 0 Å². The zero-order chi connectivity index (χ0) is 15.4. The minimum Gasteiger partial charge on any atom is -0.267 e. The van der Waals surface area contributed by atoms with Gasteiger partial charge >= 0.3 is 0 Å². The molecule has 0 spiro atoms. The first-order chi connectivity index (χ1) is 9.99. The van der Waals surface area contributed by atoms with Gasteiger partial charge < -0.3 is 0 Å². The van der Waals surface area contributed by atoms with Crippen LogP contribution in [0.5, 0.6) is 0 Å². The van der Waals surface area contributed by atoms with Gasteiger partial charge in [0.15, 0.2) is 0 Å². The number of amides is 2. The highest BCUT2D eigenvalue weighted by molar-refractivity contribution is 9.10. The molecule has 1 heterocycles. The minimum atomic E-state index is -0.643. The number of hydrogen-bond acceptors (Lipinski definition) is 5. The van der Waals surface area contributed by atoms with Crippen molar-refractivity contribution in [2.75, 3.05) is 0 Å². The molecule has 108 valence electrons. The normalized spacial score (nSPS) is 9.95. The summed E-state index contributed by atoms with van der Waals surface area (Å²) in [6.45, 7) is 0. The molecule has 0 unspecified atom stereocenters. The van der Waals surface area contributed by atoms with Gasteiger partial charge in [-0.05, 0) is 39.5 Å². The first kappa shape index (κ1) is 15.1. The van der Waals surface area contributed by atoms with Gasteiger partial charge in [0.1, 0.15) is 0 Å². The molecular formula is C12H8BrN3O4S. The summed E-state index contributed by atoms with van der Waals surface area (Å²) in [4.78, 5) is 34.1. The number of carbonyl (C=O) groups excluding carboxylic acids is 2. The molecule has 2 N–H and O–H groups in total. The van der Waals surface area contributed by atoms with E-state index in [0.29, 0.717) is 4.88 Å². The molecular weight excluding hydrogens is 362 g/mol. The molecule has 0 fully saturated rings. The summed E-state index contributed by atoms with van der Waals surface area (Å²) in [6.07, 6.45) is 0. The van der Waals surface area contributed by atoms with Crippen molar-refractivity contribution < 1.29 is 14.5 Å². The second kappa shape index (κ2) is 6.46. The Morgan fingerprint density at radius 1 is 1.19 bits per heavy atom. The Hall–Kier alpha value is -2.26. The van der Waals surface area contributed by atoms with Crippen LogP contribution < -0.4 is 10.9 Å². The van der Waals surface area contributed by atoms with E-state index < -0.39 is 16.7 Å². The fraction of sp³-hybridized carbons (Fsp3) is 0. The van der Waals surface area contributed by atoms with Crippen LogP contribution in [0, 0.1) is 10.1 Å². The summed E-state index contributed by atoms with van der Waals surface area (Å²) in [5.74, 6) is -1.10. The molecule has 0 bridgehead atoms. The lowest BCUT2D eigenvalue weighted by Crippen LogP contribution is -2.41. The minimum absolute atomic E-state index is 0.0661. The van der Waals surface area contributed by atoms with Crippen LogP contribution in [0.3, 0.4) is 0 Å². The van der Waals surface area contributed by atoms with Gasteiger partial charge in [-0.2, -0.15) is 0 Å². The number of hydrogen-bond donors (Lipinski definition) is 2. The average Bonchev–Trinajstić information content (AvgIpc) is 2.98. The van der Waals surface area contributed by atoms with E-state index in [0.717, 1.165) is 6.07 Å². The third-order valence-electron chi connectivity index (χ3n) is 2.44. The Kier molecular flexibility index (Phi) is 4.66. The molecule has 2 aromatic rings. The largest absolute Gasteiger partial charge is 0.284 e. The second-order valence-electron chi connectivity index (χ2n) is 3.81. The number of nitro groups is 1. The number of nitrogens with one attached hydrogen (secondary N) is 2. The summed E-state index contributed by atoms with van der Waals surface area (Å²) in [6, 6.07) is 7.24. The van der Waals surface area contributed by atoms with Crippen molar-refractivity contribution in [2.45, 2.75) is 0 Å². The number of nitro benzene ring substituents is 1. The number of hydrazine groups is 1. The Balaban J connectivity index is 2.05. The van der Waals surface area contributed by atoms with Crippen molar-refractivity contribution in [1.29, 1.82) is 0 Å². The molecule has 9 heteroatoms. The van der Waals surface area contributed by atoms with Crippen molar-refractivity contribution in [3.63, 3.8) is 0 Å². The highest BCUT2D eigenvalue weighted by Crippen LogP contribution is 2.25. The third kappa shape index (κ3) is 3.64. The van der Waals surface area contributed by atoms with Crippen LogP contribution >= 0.6 is 27.3 Å². The van der Waals surface area contributed by atoms with Gasteiger partial charge in [0.05, 0.1) is 14.3 Å². The number of rotatable bonds is 3. The zero-order valence-electron chi connectivity index (χ0n) is 10.3. The molecule has 0 saturated carbocycles. The Labute approximate surface area is 131 Å². The molecule has 0 aliphatic rings. The van der Waals surface area contributed by atoms with E-state index in [-0.39, 0.29) is 15.7 Å². The zero-order valence-corrected chi connectivity index (χ0v) is 12.7.